The average molecular weight is 526 g/mol. The fraction of sp³-hybridized carbons (Fsp3) is 0.304. The lowest BCUT2D eigenvalue weighted by molar-refractivity contribution is 0.102. The molecule has 1 aromatic heterocycles. The summed E-state index contributed by atoms with van der Waals surface area (Å²) < 4.78 is 54.4. The number of nitrogens with one attached hydrogen (secondary N) is 3. The van der Waals surface area contributed by atoms with Gasteiger partial charge in [-0.1, -0.05) is 32.0 Å². The minimum absolute atomic E-state index is 0. The van der Waals surface area contributed by atoms with Gasteiger partial charge < -0.3 is 10.6 Å². The Morgan fingerprint density at radius 2 is 1.86 bits per heavy atom. The van der Waals surface area contributed by atoms with Crippen LogP contribution in [0.5, 0.6) is 0 Å². The number of carbonyl (C=O) groups is 1. The van der Waals surface area contributed by atoms with Gasteiger partial charge in [0, 0.05) is 55.0 Å². The van der Waals surface area contributed by atoms with Crippen LogP contribution in [0.4, 0.5) is 14.6 Å². The summed E-state index contributed by atoms with van der Waals surface area (Å²) in [6, 6.07) is 9.61. The standard InChI is InChI=1S/C23H25F2N5O3S.ClH/c1-14(2)26-12-15-5-3-4-6-19(15)23(31)27-22-20-13-30(8-7-21(20)28-29-22)34(32,33)18-10-16(24)9-17(25)11-18;/h3-6,9-11,14,26H,7-8,12-13H2,1-2H3,(H2,27,28,29,31);1H. The van der Waals surface area contributed by atoms with Crippen molar-refractivity contribution in [1.82, 2.24) is 19.8 Å². The number of amides is 1. The van der Waals surface area contributed by atoms with Crippen LogP contribution in [0.25, 0.3) is 0 Å². The van der Waals surface area contributed by atoms with Crippen molar-refractivity contribution in [3.63, 3.8) is 0 Å². The van der Waals surface area contributed by atoms with E-state index in [4.69, 9.17) is 0 Å². The normalized spacial score (nSPS) is 13.9. The SMILES string of the molecule is CC(C)NCc1ccccc1C(=O)Nc1n[nH]c2c1CN(S(=O)(=O)c1cc(F)cc(F)c1)CC2.Cl. The van der Waals surface area contributed by atoms with Gasteiger partial charge in [-0.2, -0.15) is 9.40 Å². The molecule has 8 nitrogen and oxygen atoms in total. The van der Waals surface area contributed by atoms with E-state index in [0.29, 0.717) is 35.9 Å². The molecule has 0 fully saturated rings. The maximum absolute atomic E-state index is 13.6. The molecule has 1 aliphatic heterocycles. The van der Waals surface area contributed by atoms with Gasteiger partial charge in [0.1, 0.15) is 11.6 Å². The monoisotopic (exact) mass is 525 g/mol. The van der Waals surface area contributed by atoms with E-state index in [1.54, 1.807) is 12.1 Å². The number of anilines is 1. The van der Waals surface area contributed by atoms with E-state index in [1.165, 1.54) is 0 Å². The van der Waals surface area contributed by atoms with Crippen molar-refractivity contribution < 1.29 is 22.0 Å². The predicted molar refractivity (Wildman–Crippen MR) is 130 cm³/mol. The van der Waals surface area contributed by atoms with Gasteiger partial charge in [-0.3, -0.25) is 9.89 Å². The summed E-state index contributed by atoms with van der Waals surface area (Å²) in [5.41, 5.74) is 2.50. The molecule has 0 radical (unpaired) electrons. The Balaban J connectivity index is 0.00000342. The van der Waals surface area contributed by atoms with E-state index >= 15 is 0 Å². The van der Waals surface area contributed by atoms with Crippen LogP contribution >= 0.6 is 12.4 Å². The molecular weight excluding hydrogens is 500 g/mol. The van der Waals surface area contributed by atoms with E-state index < -0.39 is 26.6 Å². The van der Waals surface area contributed by atoms with Gasteiger partial charge in [0.05, 0.1) is 4.90 Å². The molecule has 0 bridgehead atoms. The van der Waals surface area contributed by atoms with Crippen LogP contribution in [-0.4, -0.2) is 41.4 Å². The third-order valence-corrected chi connectivity index (χ3v) is 7.39. The van der Waals surface area contributed by atoms with Gasteiger partial charge in [0.15, 0.2) is 5.82 Å². The lowest BCUT2D eigenvalue weighted by Crippen LogP contribution is -2.36. The van der Waals surface area contributed by atoms with Crippen LogP contribution in [0.1, 0.15) is 41.0 Å². The van der Waals surface area contributed by atoms with Crippen LogP contribution in [0.3, 0.4) is 0 Å². The number of H-pyrrole nitrogens is 1. The molecule has 4 rings (SSSR count). The van der Waals surface area contributed by atoms with Gasteiger partial charge in [-0.15, -0.1) is 12.4 Å². The van der Waals surface area contributed by atoms with Crippen LogP contribution in [-0.2, 0) is 29.5 Å². The van der Waals surface area contributed by atoms with Gasteiger partial charge in [-0.05, 0) is 23.8 Å². The molecule has 0 unspecified atom stereocenters. The Hall–Kier alpha value is -2.86. The smallest absolute Gasteiger partial charge is 0.257 e. The number of benzene rings is 2. The van der Waals surface area contributed by atoms with Gasteiger partial charge >= 0.3 is 0 Å². The zero-order chi connectivity index (χ0) is 24.5. The molecule has 3 aromatic rings. The van der Waals surface area contributed by atoms with Gasteiger partial charge in [0.25, 0.3) is 5.91 Å². The first-order valence-corrected chi connectivity index (χ1v) is 12.2. The summed E-state index contributed by atoms with van der Waals surface area (Å²) in [6.07, 6.45) is 0.310. The molecule has 1 aliphatic rings. The summed E-state index contributed by atoms with van der Waals surface area (Å²) in [7, 11) is -4.16. The number of halogens is 3. The van der Waals surface area contributed by atoms with Crippen LogP contribution in [0, 0.1) is 11.6 Å². The van der Waals surface area contributed by atoms with Crippen molar-refractivity contribution >= 4 is 34.2 Å². The van der Waals surface area contributed by atoms with Crippen molar-refractivity contribution in [2.45, 2.75) is 44.3 Å². The first kappa shape index (κ1) is 26.7. The minimum Gasteiger partial charge on any atom is -0.310 e. The Morgan fingerprint density at radius 1 is 1.17 bits per heavy atom. The topological polar surface area (TPSA) is 107 Å². The van der Waals surface area contributed by atoms with E-state index in [0.717, 1.165) is 22.0 Å². The first-order valence-electron chi connectivity index (χ1n) is 10.8. The fourth-order valence-electron chi connectivity index (χ4n) is 3.79. The van der Waals surface area contributed by atoms with Crippen LogP contribution in [0.15, 0.2) is 47.4 Å². The summed E-state index contributed by atoms with van der Waals surface area (Å²) in [5, 5.41) is 13.1. The quantitative estimate of drug-likeness (QED) is 0.437. The Bertz CT molecular complexity index is 1310. The summed E-state index contributed by atoms with van der Waals surface area (Å²) in [4.78, 5) is 12.6. The molecule has 35 heavy (non-hydrogen) atoms. The molecule has 0 aliphatic carbocycles. The maximum atomic E-state index is 13.6. The number of rotatable bonds is 7. The molecule has 0 spiro atoms. The molecule has 2 aromatic carbocycles. The summed E-state index contributed by atoms with van der Waals surface area (Å²) >= 11 is 0. The highest BCUT2D eigenvalue weighted by atomic mass is 35.5. The highest BCUT2D eigenvalue weighted by Crippen LogP contribution is 2.29. The van der Waals surface area contributed by atoms with E-state index in [2.05, 4.69) is 20.8 Å². The number of nitrogens with zero attached hydrogens (tertiary/aromatic N) is 2. The third-order valence-electron chi connectivity index (χ3n) is 5.57. The largest absolute Gasteiger partial charge is 0.310 e. The number of sulfonamides is 1. The number of hydrogen-bond donors (Lipinski definition) is 3. The maximum Gasteiger partial charge on any atom is 0.257 e. The first-order chi connectivity index (χ1) is 16.1. The number of fused-ring (bicyclic) bond motifs is 1. The fourth-order valence-corrected chi connectivity index (χ4v) is 5.24. The zero-order valence-corrected chi connectivity index (χ0v) is 20.8. The molecule has 1 amide bonds. The molecular formula is C23H26ClF2N5O3S. The van der Waals surface area contributed by atoms with E-state index in [-0.39, 0.29) is 43.3 Å². The molecule has 12 heteroatoms. The predicted octanol–water partition coefficient (Wildman–Crippen LogP) is 3.61. The minimum atomic E-state index is -4.16. The van der Waals surface area contributed by atoms with Crippen LogP contribution < -0.4 is 10.6 Å². The number of aromatic nitrogens is 2. The second kappa shape index (κ2) is 10.8. The Kier molecular flexibility index (Phi) is 8.26. The molecule has 3 N–H and O–H groups in total. The Labute approximate surface area is 208 Å². The van der Waals surface area contributed by atoms with Crippen LogP contribution in [0.2, 0.25) is 0 Å². The lowest BCUT2D eigenvalue weighted by atomic mass is 10.1. The zero-order valence-electron chi connectivity index (χ0n) is 19.1. The van der Waals surface area contributed by atoms with Crippen molar-refractivity contribution in [3.8, 4) is 0 Å². The second-order valence-corrected chi connectivity index (χ2v) is 10.3. The van der Waals surface area contributed by atoms with E-state index in [1.807, 2.05) is 26.0 Å². The molecule has 188 valence electrons. The van der Waals surface area contributed by atoms with Crippen molar-refractivity contribution in [2.24, 2.45) is 0 Å². The number of hydrogen-bond acceptors (Lipinski definition) is 5. The molecule has 0 saturated carbocycles. The highest BCUT2D eigenvalue weighted by molar-refractivity contribution is 7.89. The van der Waals surface area contributed by atoms with Gasteiger partial charge in [0.2, 0.25) is 10.0 Å². The van der Waals surface area contributed by atoms with E-state index in [9.17, 15) is 22.0 Å². The highest BCUT2D eigenvalue weighted by Gasteiger charge is 2.32. The van der Waals surface area contributed by atoms with Crippen molar-refractivity contribution in [1.29, 1.82) is 0 Å². The lowest BCUT2D eigenvalue weighted by Gasteiger charge is -2.26. The van der Waals surface area contributed by atoms with Gasteiger partial charge in [-0.25, -0.2) is 17.2 Å². The summed E-state index contributed by atoms with van der Waals surface area (Å²) in [6.45, 7) is 4.54. The average Bonchev–Trinajstić information content (AvgIpc) is 3.19. The molecule has 2 heterocycles. The third kappa shape index (κ3) is 5.87. The Morgan fingerprint density at radius 3 is 2.54 bits per heavy atom. The molecule has 0 atom stereocenters. The van der Waals surface area contributed by atoms with Crippen molar-refractivity contribution in [2.75, 3.05) is 11.9 Å². The number of aromatic amines is 1. The second-order valence-electron chi connectivity index (χ2n) is 8.37. The summed E-state index contributed by atoms with van der Waals surface area (Å²) in [5.74, 6) is -2.10. The van der Waals surface area contributed by atoms with Crippen molar-refractivity contribution in [3.05, 3.63) is 76.5 Å². The number of carbonyl (C=O) groups excluding carboxylic acids is 1. The molecule has 0 saturated heterocycles.